The van der Waals surface area contributed by atoms with Crippen molar-refractivity contribution >= 4 is 5.97 Å². The molecule has 2 aromatic rings. The van der Waals surface area contributed by atoms with E-state index in [1.807, 2.05) is 13.0 Å². The summed E-state index contributed by atoms with van der Waals surface area (Å²) >= 11 is 0. The second-order valence-corrected chi connectivity index (χ2v) is 6.54. The van der Waals surface area contributed by atoms with Gasteiger partial charge in [-0.3, -0.25) is 9.88 Å². The van der Waals surface area contributed by atoms with Crippen molar-refractivity contribution in [2.24, 2.45) is 0 Å². The van der Waals surface area contributed by atoms with Crippen molar-refractivity contribution in [1.82, 2.24) is 9.88 Å². The molecular formula is C20H24N2O3. The van der Waals surface area contributed by atoms with E-state index in [1.54, 1.807) is 6.92 Å². The Morgan fingerprint density at radius 3 is 2.40 bits per heavy atom. The molecule has 1 fully saturated rings. The van der Waals surface area contributed by atoms with Gasteiger partial charge in [-0.15, -0.1) is 0 Å². The monoisotopic (exact) mass is 340 g/mol. The van der Waals surface area contributed by atoms with Gasteiger partial charge in [0.2, 0.25) is 0 Å². The fourth-order valence-corrected chi connectivity index (χ4v) is 3.41. The molecule has 0 saturated carbocycles. The Hall–Kier alpha value is -2.24. The number of aromatic nitrogens is 1. The lowest BCUT2D eigenvalue weighted by Gasteiger charge is -2.32. The number of aromatic carboxylic acids is 1. The maximum Gasteiger partial charge on any atom is 0.337 e. The van der Waals surface area contributed by atoms with Crippen LogP contribution < -0.4 is 0 Å². The van der Waals surface area contributed by atoms with Crippen LogP contribution in [0.3, 0.4) is 0 Å². The van der Waals surface area contributed by atoms with Gasteiger partial charge in [0.05, 0.1) is 30.2 Å². The zero-order chi connectivity index (χ0) is 18.0. The van der Waals surface area contributed by atoms with Crippen molar-refractivity contribution in [3.63, 3.8) is 0 Å². The lowest BCUT2D eigenvalue weighted by molar-refractivity contribution is 0.0198. The molecule has 2 heterocycles. The highest BCUT2D eigenvalue weighted by atomic mass is 16.5. The third-order valence-electron chi connectivity index (χ3n) is 4.89. The average Bonchev–Trinajstić information content (AvgIpc) is 2.61. The molecule has 1 saturated heterocycles. The van der Waals surface area contributed by atoms with Crippen molar-refractivity contribution in [1.29, 1.82) is 0 Å². The van der Waals surface area contributed by atoms with Gasteiger partial charge >= 0.3 is 5.97 Å². The third-order valence-corrected chi connectivity index (χ3v) is 4.89. The summed E-state index contributed by atoms with van der Waals surface area (Å²) in [5.74, 6) is -0.927. The number of pyridine rings is 1. The molecule has 0 bridgehead atoms. The van der Waals surface area contributed by atoms with Gasteiger partial charge in [-0.05, 0) is 38.0 Å². The maximum atomic E-state index is 11.3. The van der Waals surface area contributed by atoms with Crippen LogP contribution >= 0.6 is 0 Å². The molecule has 1 aromatic carbocycles. The molecule has 1 N–H and O–H groups in total. The number of carbonyl (C=O) groups is 1. The maximum absolute atomic E-state index is 11.3. The summed E-state index contributed by atoms with van der Waals surface area (Å²) in [6, 6.07) is 10.6. The van der Waals surface area contributed by atoms with Crippen LogP contribution in [0, 0.1) is 13.8 Å². The Morgan fingerprint density at radius 1 is 1.20 bits per heavy atom. The fraction of sp³-hybridized carbons (Fsp3) is 0.400. The Labute approximate surface area is 148 Å². The van der Waals surface area contributed by atoms with Gasteiger partial charge < -0.3 is 9.84 Å². The zero-order valence-electron chi connectivity index (χ0n) is 15.0. The summed E-state index contributed by atoms with van der Waals surface area (Å²) in [5.41, 5.74) is 4.66. The van der Waals surface area contributed by atoms with Gasteiger partial charge in [-0.25, -0.2) is 4.79 Å². The molecule has 5 nitrogen and oxygen atoms in total. The van der Waals surface area contributed by atoms with Crippen LogP contribution in [0.2, 0.25) is 0 Å². The van der Waals surface area contributed by atoms with E-state index in [-0.39, 0.29) is 0 Å². The van der Waals surface area contributed by atoms with Crippen molar-refractivity contribution < 1.29 is 14.6 Å². The first kappa shape index (κ1) is 17.6. The molecule has 1 aliphatic rings. The second kappa shape index (κ2) is 7.33. The molecule has 3 rings (SSSR count). The third kappa shape index (κ3) is 3.72. The van der Waals surface area contributed by atoms with E-state index in [9.17, 15) is 9.90 Å². The number of aryl methyl sites for hydroxylation is 2. The number of morpholine rings is 1. The quantitative estimate of drug-likeness (QED) is 0.923. The minimum Gasteiger partial charge on any atom is -0.478 e. The van der Waals surface area contributed by atoms with E-state index in [4.69, 9.17) is 4.74 Å². The van der Waals surface area contributed by atoms with Crippen molar-refractivity contribution in [3.8, 4) is 11.3 Å². The Morgan fingerprint density at radius 2 is 1.84 bits per heavy atom. The van der Waals surface area contributed by atoms with E-state index in [0.29, 0.717) is 17.3 Å². The van der Waals surface area contributed by atoms with E-state index < -0.39 is 5.97 Å². The number of hydrogen-bond acceptors (Lipinski definition) is 4. The lowest BCUT2D eigenvalue weighted by Crippen LogP contribution is -2.37. The molecular weight excluding hydrogens is 316 g/mol. The van der Waals surface area contributed by atoms with Gasteiger partial charge in [-0.1, -0.05) is 24.3 Å². The van der Waals surface area contributed by atoms with Crippen molar-refractivity contribution in [3.05, 3.63) is 52.7 Å². The minimum absolute atomic E-state index is 0.293. The molecule has 1 aromatic heterocycles. The van der Waals surface area contributed by atoms with Gasteiger partial charge in [0.15, 0.2) is 0 Å². The van der Waals surface area contributed by atoms with E-state index >= 15 is 0 Å². The topological polar surface area (TPSA) is 62.7 Å². The molecule has 132 valence electrons. The van der Waals surface area contributed by atoms with Gasteiger partial charge in [0, 0.05) is 24.7 Å². The molecule has 25 heavy (non-hydrogen) atoms. The number of nitrogens with zero attached hydrogens (tertiary/aromatic N) is 2. The van der Waals surface area contributed by atoms with Crippen LogP contribution in [0.15, 0.2) is 30.3 Å². The summed E-state index contributed by atoms with van der Waals surface area (Å²) in [6.07, 6.45) is 0. The zero-order valence-corrected chi connectivity index (χ0v) is 15.0. The molecule has 1 aliphatic heterocycles. The van der Waals surface area contributed by atoms with Crippen LogP contribution in [-0.2, 0) is 4.74 Å². The number of carboxylic acid groups (broad SMARTS) is 1. The van der Waals surface area contributed by atoms with Crippen LogP contribution in [0.5, 0.6) is 0 Å². The number of benzene rings is 1. The van der Waals surface area contributed by atoms with Crippen molar-refractivity contribution in [2.45, 2.75) is 26.8 Å². The molecule has 0 amide bonds. The molecule has 0 radical (unpaired) electrons. The van der Waals surface area contributed by atoms with Crippen molar-refractivity contribution in [2.75, 3.05) is 26.3 Å². The normalized spacial score (nSPS) is 16.6. The fourth-order valence-electron chi connectivity index (χ4n) is 3.41. The summed E-state index contributed by atoms with van der Waals surface area (Å²) in [7, 11) is 0. The van der Waals surface area contributed by atoms with Crippen LogP contribution in [0.4, 0.5) is 0 Å². The number of carboxylic acids is 1. The summed E-state index contributed by atoms with van der Waals surface area (Å²) in [5, 5.41) is 9.28. The standard InChI is InChI=1S/C20H24N2O3/c1-13-12-18(21-14(2)19(13)20(23)24)17-6-4-16(5-7-17)15(3)22-8-10-25-11-9-22/h4-7,12,15H,8-11H2,1-3H3,(H,23,24)/t15-/m1/s1. The number of rotatable bonds is 4. The Bertz CT molecular complexity index is 742. The second-order valence-electron chi connectivity index (χ2n) is 6.54. The van der Waals surface area contributed by atoms with E-state index in [0.717, 1.165) is 43.1 Å². The predicted molar refractivity (Wildman–Crippen MR) is 96.9 cm³/mol. The average molecular weight is 340 g/mol. The largest absolute Gasteiger partial charge is 0.478 e. The lowest BCUT2D eigenvalue weighted by atomic mass is 10.0. The van der Waals surface area contributed by atoms with Gasteiger partial charge in [0.25, 0.3) is 0 Å². The number of hydrogen-bond donors (Lipinski definition) is 1. The number of ether oxygens (including phenoxy) is 1. The smallest absolute Gasteiger partial charge is 0.337 e. The first-order valence-electron chi connectivity index (χ1n) is 8.61. The molecule has 1 atom stereocenters. The van der Waals surface area contributed by atoms with Crippen LogP contribution in [0.25, 0.3) is 11.3 Å². The highest BCUT2D eigenvalue weighted by molar-refractivity contribution is 5.91. The summed E-state index contributed by atoms with van der Waals surface area (Å²) in [6.45, 7) is 9.28. The minimum atomic E-state index is -0.927. The van der Waals surface area contributed by atoms with E-state index in [2.05, 4.69) is 41.1 Å². The van der Waals surface area contributed by atoms with Gasteiger partial charge in [-0.2, -0.15) is 0 Å². The van der Waals surface area contributed by atoms with Crippen LogP contribution in [0.1, 0.15) is 40.1 Å². The summed E-state index contributed by atoms with van der Waals surface area (Å²) in [4.78, 5) is 18.2. The molecule has 5 heteroatoms. The molecule has 0 aliphatic carbocycles. The molecule has 0 spiro atoms. The van der Waals surface area contributed by atoms with Crippen LogP contribution in [-0.4, -0.2) is 47.3 Å². The summed E-state index contributed by atoms with van der Waals surface area (Å²) < 4.78 is 5.42. The first-order valence-corrected chi connectivity index (χ1v) is 8.61. The Balaban J connectivity index is 1.84. The predicted octanol–water partition coefficient (Wildman–Crippen LogP) is 3.46. The molecule has 0 unspecified atom stereocenters. The van der Waals surface area contributed by atoms with E-state index in [1.165, 1.54) is 5.56 Å². The SMILES string of the molecule is Cc1cc(-c2ccc([C@@H](C)N3CCOCC3)cc2)nc(C)c1C(=O)O. The van der Waals surface area contributed by atoms with Gasteiger partial charge in [0.1, 0.15) is 0 Å². The Kier molecular flexibility index (Phi) is 5.16. The first-order chi connectivity index (χ1) is 12.0. The highest BCUT2D eigenvalue weighted by Crippen LogP contribution is 2.26. The highest BCUT2D eigenvalue weighted by Gasteiger charge is 2.19.